The van der Waals surface area contributed by atoms with Gasteiger partial charge in [0.15, 0.2) is 0 Å². The molecule has 1 saturated heterocycles. The highest BCUT2D eigenvalue weighted by molar-refractivity contribution is 5.90. The molecular weight excluding hydrogens is 348 g/mol. The van der Waals surface area contributed by atoms with Gasteiger partial charge in [-0.1, -0.05) is 30.3 Å². The smallest absolute Gasteiger partial charge is 0.408 e. The average molecular weight is 376 g/mol. The van der Waals surface area contributed by atoms with Crippen molar-refractivity contribution in [3.8, 4) is 0 Å². The van der Waals surface area contributed by atoms with E-state index in [1.54, 1.807) is 27.7 Å². The van der Waals surface area contributed by atoms with Gasteiger partial charge in [0.05, 0.1) is 0 Å². The van der Waals surface area contributed by atoms with Crippen molar-refractivity contribution in [2.24, 2.45) is 0 Å². The molecule has 1 aromatic carbocycles. The minimum Gasteiger partial charge on any atom is -0.458 e. The number of nitrogens with zero attached hydrogens (tertiary/aromatic N) is 1. The van der Waals surface area contributed by atoms with Gasteiger partial charge in [0.2, 0.25) is 5.91 Å². The Bertz CT molecular complexity index is 669. The Morgan fingerprint density at radius 1 is 1.22 bits per heavy atom. The number of rotatable bonds is 5. The Kier molecular flexibility index (Phi) is 6.82. The Balaban J connectivity index is 1.87. The van der Waals surface area contributed by atoms with Crippen molar-refractivity contribution in [2.45, 2.75) is 64.8 Å². The van der Waals surface area contributed by atoms with E-state index < -0.39 is 29.7 Å². The van der Waals surface area contributed by atoms with E-state index in [0.29, 0.717) is 13.0 Å². The quantitative estimate of drug-likeness (QED) is 0.799. The Morgan fingerprint density at radius 2 is 1.89 bits per heavy atom. The van der Waals surface area contributed by atoms with E-state index in [4.69, 9.17) is 9.47 Å². The van der Waals surface area contributed by atoms with Crippen molar-refractivity contribution in [1.29, 1.82) is 0 Å². The van der Waals surface area contributed by atoms with Gasteiger partial charge in [-0.25, -0.2) is 9.59 Å². The van der Waals surface area contributed by atoms with Crippen LogP contribution in [0.4, 0.5) is 4.79 Å². The van der Waals surface area contributed by atoms with E-state index in [1.165, 1.54) is 4.90 Å². The summed E-state index contributed by atoms with van der Waals surface area (Å²) in [6, 6.07) is 7.87. The first-order chi connectivity index (χ1) is 12.7. The van der Waals surface area contributed by atoms with Crippen LogP contribution in [-0.2, 0) is 25.7 Å². The maximum Gasteiger partial charge on any atom is 0.408 e. The van der Waals surface area contributed by atoms with Crippen LogP contribution in [-0.4, -0.2) is 47.1 Å². The number of hydrogen-bond donors (Lipinski definition) is 1. The normalized spacial score (nSPS) is 17.9. The highest BCUT2D eigenvalue weighted by Gasteiger charge is 2.38. The van der Waals surface area contributed by atoms with Crippen LogP contribution in [0.5, 0.6) is 0 Å². The minimum atomic E-state index is -0.795. The Labute approximate surface area is 160 Å². The van der Waals surface area contributed by atoms with Gasteiger partial charge in [-0.2, -0.15) is 0 Å². The molecule has 0 aromatic heterocycles. The number of alkyl carbamates (subject to hydrolysis) is 1. The van der Waals surface area contributed by atoms with E-state index in [-0.39, 0.29) is 12.5 Å². The Hall–Kier alpha value is -2.57. The molecule has 2 amide bonds. The zero-order valence-electron chi connectivity index (χ0n) is 16.4. The van der Waals surface area contributed by atoms with Crippen LogP contribution < -0.4 is 5.32 Å². The summed E-state index contributed by atoms with van der Waals surface area (Å²) in [5.74, 6) is -0.729. The van der Waals surface area contributed by atoms with Crippen molar-refractivity contribution in [3.63, 3.8) is 0 Å². The molecule has 2 rings (SSSR count). The number of amides is 2. The lowest BCUT2D eigenvalue weighted by atomic mass is 10.1. The summed E-state index contributed by atoms with van der Waals surface area (Å²) in [5, 5.41) is 2.53. The van der Waals surface area contributed by atoms with Crippen molar-refractivity contribution in [1.82, 2.24) is 10.2 Å². The largest absolute Gasteiger partial charge is 0.458 e. The second-order valence-corrected chi connectivity index (χ2v) is 7.65. The first-order valence-corrected chi connectivity index (χ1v) is 9.18. The third-order valence-electron chi connectivity index (χ3n) is 4.13. The summed E-state index contributed by atoms with van der Waals surface area (Å²) in [4.78, 5) is 38.5. The molecule has 2 atom stereocenters. The first kappa shape index (κ1) is 20.7. The molecule has 0 bridgehead atoms. The van der Waals surface area contributed by atoms with Crippen LogP contribution in [0.1, 0.15) is 46.1 Å². The van der Waals surface area contributed by atoms with Crippen LogP contribution >= 0.6 is 0 Å². The summed E-state index contributed by atoms with van der Waals surface area (Å²) >= 11 is 0. The van der Waals surface area contributed by atoms with Crippen LogP contribution in [0.2, 0.25) is 0 Å². The topological polar surface area (TPSA) is 84.9 Å². The number of carbonyl (C=O) groups excluding carboxylic acids is 3. The fourth-order valence-electron chi connectivity index (χ4n) is 2.90. The molecule has 1 fully saturated rings. The van der Waals surface area contributed by atoms with Gasteiger partial charge >= 0.3 is 12.1 Å². The van der Waals surface area contributed by atoms with Crippen molar-refractivity contribution in [3.05, 3.63) is 35.9 Å². The highest BCUT2D eigenvalue weighted by Crippen LogP contribution is 2.22. The molecule has 7 heteroatoms. The van der Waals surface area contributed by atoms with Crippen LogP contribution in [0.25, 0.3) is 0 Å². The van der Waals surface area contributed by atoms with Gasteiger partial charge in [-0.05, 0) is 46.1 Å². The van der Waals surface area contributed by atoms with E-state index in [9.17, 15) is 14.4 Å². The van der Waals surface area contributed by atoms with Gasteiger partial charge in [0.25, 0.3) is 0 Å². The average Bonchev–Trinajstić information content (AvgIpc) is 3.08. The third kappa shape index (κ3) is 6.27. The number of nitrogens with one attached hydrogen (secondary N) is 1. The number of esters is 1. The van der Waals surface area contributed by atoms with Gasteiger partial charge in [-0.15, -0.1) is 0 Å². The summed E-state index contributed by atoms with van der Waals surface area (Å²) in [5.41, 5.74) is 0.246. The van der Waals surface area contributed by atoms with E-state index in [0.717, 1.165) is 12.0 Å². The number of likely N-dealkylation sites (tertiary alicyclic amines) is 1. The predicted molar refractivity (Wildman–Crippen MR) is 99.8 cm³/mol. The molecule has 0 radical (unpaired) electrons. The second kappa shape index (κ2) is 8.88. The highest BCUT2D eigenvalue weighted by atomic mass is 16.6. The standard InChI is InChI=1S/C20H28N2O5/c1-14(21-19(25)26-13-15-9-6-5-7-10-15)17(23)22-12-8-11-16(22)18(24)27-20(2,3)4/h5-7,9-10,14,16H,8,11-13H2,1-4H3,(H,21,25)/t14-,16-/m0/s1. The molecule has 0 unspecified atom stereocenters. The fraction of sp³-hybridized carbons (Fsp3) is 0.550. The molecule has 1 N–H and O–H groups in total. The van der Waals surface area contributed by atoms with E-state index >= 15 is 0 Å². The maximum absolute atomic E-state index is 12.7. The third-order valence-corrected chi connectivity index (χ3v) is 4.13. The Morgan fingerprint density at radius 3 is 2.52 bits per heavy atom. The minimum absolute atomic E-state index is 0.123. The SMILES string of the molecule is C[C@H](NC(=O)OCc1ccccc1)C(=O)N1CCC[C@H]1C(=O)OC(C)(C)C. The van der Waals surface area contributed by atoms with Crippen molar-refractivity contribution >= 4 is 18.0 Å². The first-order valence-electron chi connectivity index (χ1n) is 9.18. The van der Waals surface area contributed by atoms with Crippen LogP contribution in [0.15, 0.2) is 30.3 Å². The van der Waals surface area contributed by atoms with E-state index in [2.05, 4.69) is 5.32 Å². The molecule has 27 heavy (non-hydrogen) atoms. The zero-order chi connectivity index (χ0) is 20.0. The number of carbonyl (C=O) groups is 3. The summed E-state index contributed by atoms with van der Waals surface area (Å²) in [6.07, 6.45) is 0.611. The zero-order valence-corrected chi connectivity index (χ0v) is 16.4. The number of ether oxygens (including phenoxy) is 2. The number of hydrogen-bond acceptors (Lipinski definition) is 5. The molecular formula is C20H28N2O5. The lowest BCUT2D eigenvalue weighted by Crippen LogP contribution is -2.51. The summed E-state index contributed by atoms with van der Waals surface area (Å²) in [6.45, 7) is 7.54. The monoisotopic (exact) mass is 376 g/mol. The van der Waals surface area contributed by atoms with Gasteiger partial charge in [0, 0.05) is 6.54 Å². The number of benzene rings is 1. The molecule has 1 heterocycles. The van der Waals surface area contributed by atoms with Crippen LogP contribution in [0.3, 0.4) is 0 Å². The maximum atomic E-state index is 12.7. The van der Waals surface area contributed by atoms with Gasteiger partial charge in [0.1, 0.15) is 24.3 Å². The van der Waals surface area contributed by atoms with Crippen molar-refractivity contribution < 1.29 is 23.9 Å². The van der Waals surface area contributed by atoms with Gasteiger partial charge in [-0.3, -0.25) is 4.79 Å². The fourth-order valence-corrected chi connectivity index (χ4v) is 2.90. The molecule has 0 spiro atoms. The van der Waals surface area contributed by atoms with Gasteiger partial charge < -0.3 is 19.7 Å². The van der Waals surface area contributed by atoms with Crippen molar-refractivity contribution in [2.75, 3.05) is 6.54 Å². The lowest BCUT2D eigenvalue weighted by Gasteiger charge is -2.29. The molecule has 0 saturated carbocycles. The molecule has 1 aliphatic heterocycles. The molecule has 1 aliphatic rings. The summed E-state index contributed by atoms with van der Waals surface area (Å²) in [7, 11) is 0. The molecule has 1 aromatic rings. The lowest BCUT2D eigenvalue weighted by molar-refractivity contribution is -0.163. The van der Waals surface area contributed by atoms with Crippen LogP contribution in [0, 0.1) is 0 Å². The summed E-state index contributed by atoms with van der Waals surface area (Å²) < 4.78 is 10.5. The molecule has 7 nitrogen and oxygen atoms in total. The second-order valence-electron chi connectivity index (χ2n) is 7.65. The molecule has 0 aliphatic carbocycles. The molecule has 148 valence electrons. The van der Waals surface area contributed by atoms with E-state index in [1.807, 2.05) is 30.3 Å². The predicted octanol–water partition coefficient (Wildman–Crippen LogP) is 2.63.